The van der Waals surface area contributed by atoms with Crippen LogP contribution in [0.15, 0.2) is 163 Å². The van der Waals surface area contributed by atoms with Crippen molar-refractivity contribution in [3.05, 3.63) is 158 Å². The fourth-order valence-electron chi connectivity index (χ4n) is 5.06. The zero-order valence-electron chi connectivity index (χ0n) is 22.8. The lowest BCUT2D eigenvalue weighted by Gasteiger charge is -2.12. The first-order valence-corrected chi connectivity index (χ1v) is 13.9. The molecule has 0 radical (unpaired) electrons. The number of hydrogen-bond donors (Lipinski definition) is 1. The van der Waals surface area contributed by atoms with Crippen molar-refractivity contribution in [2.24, 2.45) is 0 Å². The average Bonchev–Trinajstić information content (AvgIpc) is 3.61. The molecule has 2 aromatic heterocycles. The van der Waals surface area contributed by atoms with E-state index < -0.39 is 0 Å². The molecule has 0 unspecified atom stereocenters. The van der Waals surface area contributed by atoms with E-state index in [4.69, 9.17) is 14.4 Å². The molecule has 2 heterocycles. The number of rotatable bonds is 7. The van der Waals surface area contributed by atoms with Crippen LogP contribution in [0.3, 0.4) is 0 Å². The summed E-state index contributed by atoms with van der Waals surface area (Å²) in [5.74, 6) is 0.706. The third-order valence-electron chi connectivity index (χ3n) is 7.26. The Morgan fingerprint density at radius 2 is 1.00 bits per heavy atom. The molecular weight excluding hydrogens is 514 g/mol. The van der Waals surface area contributed by atoms with E-state index in [9.17, 15) is 0 Å². The molecule has 0 amide bonds. The number of furan rings is 1. The van der Waals surface area contributed by atoms with Gasteiger partial charge in [0.15, 0.2) is 5.82 Å². The Bertz CT molecular complexity index is 1860. The molecule has 0 fully saturated rings. The van der Waals surface area contributed by atoms with Crippen LogP contribution in [0.5, 0.6) is 0 Å². The van der Waals surface area contributed by atoms with Gasteiger partial charge in [-0.3, -0.25) is 0 Å². The minimum atomic E-state index is 0.706. The molecule has 4 heteroatoms. The number of nitrogens with one attached hydrogen (secondary N) is 1. The minimum absolute atomic E-state index is 0.706. The molecule has 0 aliphatic carbocycles. The van der Waals surface area contributed by atoms with Gasteiger partial charge >= 0.3 is 0 Å². The topological polar surface area (TPSA) is 51.0 Å². The van der Waals surface area contributed by atoms with Gasteiger partial charge in [-0.1, -0.05) is 115 Å². The molecule has 42 heavy (non-hydrogen) atoms. The summed E-state index contributed by atoms with van der Waals surface area (Å²) < 4.78 is 5.29. The summed E-state index contributed by atoms with van der Waals surface area (Å²) in [7, 11) is 0. The summed E-state index contributed by atoms with van der Waals surface area (Å²) in [6.07, 6.45) is 3.46. The first-order chi connectivity index (χ1) is 20.8. The van der Waals surface area contributed by atoms with E-state index >= 15 is 0 Å². The third kappa shape index (κ3) is 5.34. The average molecular weight is 542 g/mol. The van der Waals surface area contributed by atoms with Crippen LogP contribution in [-0.4, -0.2) is 9.97 Å². The van der Waals surface area contributed by atoms with Crippen LogP contribution in [0.25, 0.3) is 56.2 Å². The van der Waals surface area contributed by atoms with Crippen molar-refractivity contribution in [2.45, 2.75) is 0 Å². The zero-order valence-corrected chi connectivity index (χ0v) is 22.8. The van der Waals surface area contributed by atoms with Gasteiger partial charge in [-0.15, -0.1) is 0 Å². The Kier molecular flexibility index (Phi) is 6.85. The fraction of sp³-hybridized carbons (Fsp3) is 0. The maximum Gasteiger partial charge on any atom is 0.160 e. The van der Waals surface area contributed by atoms with Gasteiger partial charge in [0.25, 0.3) is 0 Å². The highest BCUT2D eigenvalue weighted by molar-refractivity contribution is 5.81. The Morgan fingerprint density at radius 1 is 0.452 bits per heavy atom. The van der Waals surface area contributed by atoms with Crippen molar-refractivity contribution in [2.75, 3.05) is 5.32 Å². The molecule has 7 aromatic rings. The number of aromatic nitrogens is 2. The Morgan fingerprint density at radius 3 is 1.60 bits per heavy atom. The molecule has 7 rings (SSSR count). The molecular formula is C38H27N3O. The summed E-state index contributed by atoms with van der Waals surface area (Å²) in [4.78, 5) is 9.91. The standard InChI is InChI=1S/C38H27N3O/c1-3-9-29(10-4-1)36-25-37(30-11-5-2-6-12-30)41-38(40-36)31-17-15-27(16-18-31)28-19-21-33(22-20-28)39-35-14-8-7-13-34(35)32-23-24-42-26-32/h1-26,39H. The summed E-state index contributed by atoms with van der Waals surface area (Å²) in [6.45, 7) is 0. The fourth-order valence-corrected chi connectivity index (χ4v) is 5.06. The van der Waals surface area contributed by atoms with Crippen molar-refractivity contribution in [3.8, 4) is 56.2 Å². The van der Waals surface area contributed by atoms with Crippen molar-refractivity contribution < 1.29 is 4.42 Å². The second-order valence-corrected chi connectivity index (χ2v) is 10.0. The number of para-hydroxylation sites is 1. The van der Waals surface area contributed by atoms with Crippen molar-refractivity contribution in [1.82, 2.24) is 9.97 Å². The van der Waals surface area contributed by atoms with E-state index in [1.807, 2.05) is 54.6 Å². The Labute approximate surface area is 245 Å². The van der Waals surface area contributed by atoms with Crippen molar-refractivity contribution >= 4 is 11.4 Å². The molecule has 0 spiro atoms. The molecule has 0 saturated heterocycles. The van der Waals surface area contributed by atoms with E-state index in [2.05, 4.69) is 96.3 Å². The molecule has 0 bridgehead atoms. The molecule has 0 saturated carbocycles. The van der Waals surface area contributed by atoms with Crippen LogP contribution in [0, 0.1) is 0 Å². The number of anilines is 2. The molecule has 5 aromatic carbocycles. The van der Waals surface area contributed by atoms with Crippen LogP contribution in [0.1, 0.15) is 0 Å². The third-order valence-corrected chi connectivity index (χ3v) is 7.26. The Hall–Kier alpha value is -5.74. The largest absolute Gasteiger partial charge is 0.472 e. The van der Waals surface area contributed by atoms with Gasteiger partial charge < -0.3 is 9.73 Å². The first-order valence-electron chi connectivity index (χ1n) is 13.9. The van der Waals surface area contributed by atoms with Gasteiger partial charge in [0.05, 0.1) is 23.9 Å². The highest BCUT2D eigenvalue weighted by Gasteiger charge is 2.11. The van der Waals surface area contributed by atoms with Crippen molar-refractivity contribution in [1.29, 1.82) is 0 Å². The maximum atomic E-state index is 5.29. The Balaban J connectivity index is 1.15. The van der Waals surface area contributed by atoms with Gasteiger partial charge in [0, 0.05) is 39.2 Å². The normalized spacial score (nSPS) is 10.9. The lowest BCUT2D eigenvalue weighted by Crippen LogP contribution is -1.96. The quantitative estimate of drug-likeness (QED) is 0.218. The molecule has 4 nitrogen and oxygen atoms in total. The molecule has 0 aliphatic heterocycles. The molecule has 0 atom stereocenters. The molecule has 1 N–H and O–H groups in total. The summed E-state index contributed by atoms with van der Waals surface area (Å²) in [6, 6.07) is 49.7. The summed E-state index contributed by atoms with van der Waals surface area (Å²) in [5, 5.41) is 3.55. The smallest absolute Gasteiger partial charge is 0.160 e. The van der Waals surface area contributed by atoms with Crippen LogP contribution < -0.4 is 5.32 Å². The molecule has 200 valence electrons. The van der Waals surface area contributed by atoms with Crippen molar-refractivity contribution in [3.63, 3.8) is 0 Å². The minimum Gasteiger partial charge on any atom is -0.472 e. The predicted molar refractivity (Wildman–Crippen MR) is 171 cm³/mol. The highest BCUT2D eigenvalue weighted by atomic mass is 16.3. The van der Waals surface area contributed by atoms with E-state index in [1.165, 1.54) is 0 Å². The number of nitrogens with zero attached hydrogens (tertiary/aromatic N) is 2. The number of hydrogen-bond acceptors (Lipinski definition) is 4. The van der Waals surface area contributed by atoms with Crippen LogP contribution >= 0.6 is 0 Å². The van der Waals surface area contributed by atoms with Crippen LogP contribution in [0.2, 0.25) is 0 Å². The van der Waals surface area contributed by atoms with Crippen LogP contribution in [-0.2, 0) is 0 Å². The first kappa shape index (κ1) is 25.2. The summed E-state index contributed by atoms with van der Waals surface area (Å²) >= 11 is 0. The monoisotopic (exact) mass is 541 g/mol. The lowest BCUT2D eigenvalue weighted by molar-refractivity contribution is 0.568. The predicted octanol–water partition coefficient (Wildman–Crippen LogP) is 10.1. The summed E-state index contributed by atoms with van der Waals surface area (Å²) in [5.41, 5.74) is 11.4. The van der Waals surface area contributed by atoms with Gasteiger partial charge in [-0.05, 0) is 41.5 Å². The lowest BCUT2D eigenvalue weighted by atomic mass is 10.0. The van der Waals surface area contributed by atoms with Gasteiger partial charge in [0.1, 0.15) is 0 Å². The van der Waals surface area contributed by atoms with Gasteiger partial charge in [-0.25, -0.2) is 9.97 Å². The van der Waals surface area contributed by atoms with Gasteiger partial charge in [0.2, 0.25) is 0 Å². The van der Waals surface area contributed by atoms with Crippen LogP contribution in [0.4, 0.5) is 11.4 Å². The SMILES string of the molecule is c1ccc(-c2cc(-c3ccccc3)nc(-c3ccc(-c4ccc(Nc5ccccc5-c5ccoc5)cc4)cc3)n2)cc1. The van der Waals surface area contributed by atoms with E-state index in [0.29, 0.717) is 5.82 Å². The van der Waals surface area contributed by atoms with E-state index in [1.54, 1.807) is 12.5 Å². The molecule has 0 aliphatic rings. The second-order valence-electron chi connectivity index (χ2n) is 10.0. The maximum absolute atomic E-state index is 5.29. The van der Waals surface area contributed by atoms with E-state index in [0.717, 1.165) is 61.7 Å². The number of benzene rings is 5. The highest BCUT2D eigenvalue weighted by Crippen LogP contribution is 2.32. The zero-order chi connectivity index (χ0) is 28.1. The van der Waals surface area contributed by atoms with E-state index in [-0.39, 0.29) is 0 Å². The second kappa shape index (κ2) is 11.4. The van der Waals surface area contributed by atoms with Gasteiger partial charge in [-0.2, -0.15) is 0 Å².